The number of amides is 1. The van der Waals surface area contributed by atoms with Crippen LogP contribution < -0.4 is 20.7 Å². The van der Waals surface area contributed by atoms with E-state index >= 15 is 0 Å². The number of anilines is 1. The lowest BCUT2D eigenvalue weighted by Gasteiger charge is -2.25. The van der Waals surface area contributed by atoms with E-state index in [2.05, 4.69) is 9.71 Å². The molecule has 0 spiro atoms. The Bertz CT molecular complexity index is 1690. The average molecular weight is 567 g/mol. The molecule has 0 unspecified atom stereocenters. The van der Waals surface area contributed by atoms with Crippen molar-refractivity contribution >= 4 is 33.8 Å². The Balaban J connectivity index is 1.87. The van der Waals surface area contributed by atoms with Gasteiger partial charge in [-0.25, -0.2) is 13.2 Å². The van der Waals surface area contributed by atoms with Crippen molar-refractivity contribution in [3.05, 3.63) is 85.7 Å². The van der Waals surface area contributed by atoms with Crippen molar-refractivity contribution in [3.8, 4) is 11.4 Å². The molecule has 2 aromatic carbocycles. The molecule has 10 nitrogen and oxygen atoms in total. The Labute approximate surface area is 233 Å². The van der Waals surface area contributed by atoms with Gasteiger partial charge < -0.3 is 9.64 Å². The van der Waals surface area contributed by atoms with Gasteiger partial charge in [0.15, 0.2) is 0 Å². The summed E-state index contributed by atoms with van der Waals surface area (Å²) in [6.07, 6.45) is 7.89. The second-order valence-corrected chi connectivity index (χ2v) is 12.6. The van der Waals surface area contributed by atoms with Crippen LogP contribution in [-0.2, 0) is 15.4 Å². The number of rotatable bonds is 7. The molecule has 1 amide bonds. The fourth-order valence-electron chi connectivity index (χ4n) is 4.74. The summed E-state index contributed by atoms with van der Waals surface area (Å²) >= 11 is 0. The number of carbonyl (C=O) groups is 1. The fraction of sp³-hybridized carbons (Fsp3) is 0.345. The van der Waals surface area contributed by atoms with E-state index in [1.54, 1.807) is 48.4 Å². The SMILES string of the molecule is COc1c(C=Cc2ccc(NS(C)(=O)=O)cc2C(=O)N2CCCC2)cc(-n2ccc(=O)[nH]c2=O)cc1C(C)(C)C. The largest absolute Gasteiger partial charge is 0.496 e. The van der Waals surface area contributed by atoms with Gasteiger partial charge >= 0.3 is 5.69 Å². The molecule has 2 heterocycles. The number of hydrogen-bond acceptors (Lipinski definition) is 6. The van der Waals surface area contributed by atoms with Crippen molar-refractivity contribution in [2.75, 3.05) is 31.2 Å². The van der Waals surface area contributed by atoms with E-state index in [0.717, 1.165) is 24.7 Å². The predicted molar refractivity (Wildman–Crippen MR) is 157 cm³/mol. The summed E-state index contributed by atoms with van der Waals surface area (Å²) in [7, 11) is -1.96. The first-order valence-corrected chi connectivity index (χ1v) is 14.8. The van der Waals surface area contributed by atoms with Crippen LogP contribution >= 0.6 is 0 Å². The molecule has 3 aromatic rings. The van der Waals surface area contributed by atoms with Gasteiger partial charge in [-0.3, -0.25) is 23.9 Å². The van der Waals surface area contributed by atoms with Crippen molar-refractivity contribution in [2.24, 2.45) is 0 Å². The summed E-state index contributed by atoms with van der Waals surface area (Å²) in [5, 5.41) is 0. The Morgan fingerprint density at radius 3 is 2.30 bits per heavy atom. The average Bonchev–Trinajstić information content (AvgIpc) is 3.40. The van der Waals surface area contributed by atoms with Crippen LogP contribution in [0.25, 0.3) is 17.8 Å². The molecule has 0 aliphatic carbocycles. The molecule has 0 atom stereocenters. The van der Waals surface area contributed by atoms with Gasteiger partial charge in [-0.1, -0.05) is 39.0 Å². The third kappa shape index (κ3) is 6.53. The molecule has 1 aromatic heterocycles. The minimum atomic E-state index is -3.53. The molecule has 1 aliphatic heterocycles. The third-order valence-electron chi connectivity index (χ3n) is 6.64. The minimum Gasteiger partial charge on any atom is -0.496 e. The van der Waals surface area contributed by atoms with Gasteiger partial charge in [0.1, 0.15) is 5.75 Å². The molecule has 212 valence electrons. The normalized spacial score (nSPS) is 14.1. The quantitative estimate of drug-likeness (QED) is 0.420. The van der Waals surface area contributed by atoms with E-state index in [-0.39, 0.29) is 11.3 Å². The molecular formula is C29H34N4O6S. The molecule has 4 rings (SSSR count). The number of nitrogens with zero attached hydrogens (tertiary/aromatic N) is 2. The molecule has 1 aliphatic rings. The Hall–Kier alpha value is -4.12. The van der Waals surface area contributed by atoms with Crippen molar-refractivity contribution < 1.29 is 17.9 Å². The Morgan fingerprint density at radius 2 is 1.70 bits per heavy atom. The zero-order valence-electron chi connectivity index (χ0n) is 23.3. The first kappa shape index (κ1) is 28.9. The van der Waals surface area contributed by atoms with Crippen LogP contribution in [0.1, 0.15) is 60.7 Å². The summed E-state index contributed by atoms with van der Waals surface area (Å²) in [5.74, 6) is 0.429. The highest BCUT2D eigenvalue weighted by molar-refractivity contribution is 7.92. The smallest absolute Gasteiger partial charge is 0.332 e. The standard InChI is InChI=1S/C29H34N4O6S/c1-29(2,3)24-18-22(33-15-12-25(34)30-28(33)36)16-20(26(24)39-4)9-8-19-10-11-21(31-40(5,37)38)17-23(19)27(35)32-13-6-7-14-32/h8-12,15-18,31H,6-7,13-14H2,1-5H3,(H,30,34,36). The summed E-state index contributed by atoms with van der Waals surface area (Å²) in [5.41, 5.74) is 1.88. The first-order chi connectivity index (χ1) is 18.8. The number of hydrogen-bond donors (Lipinski definition) is 2. The maximum atomic E-state index is 13.4. The van der Waals surface area contributed by atoms with Crippen LogP contribution in [0.4, 0.5) is 5.69 Å². The fourth-order valence-corrected chi connectivity index (χ4v) is 5.29. The van der Waals surface area contributed by atoms with E-state index in [1.807, 2.05) is 26.8 Å². The maximum Gasteiger partial charge on any atom is 0.332 e. The molecule has 1 fully saturated rings. The van der Waals surface area contributed by atoms with Gasteiger partial charge in [0.2, 0.25) is 10.0 Å². The van der Waals surface area contributed by atoms with Crippen LogP contribution in [0.15, 0.2) is 52.2 Å². The van der Waals surface area contributed by atoms with E-state index in [1.165, 1.54) is 16.8 Å². The summed E-state index contributed by atoms with van der Waals surface area (Å²) < 4.78 is 33.3. The zero-order valence-corrected chi connectivity index (χ0v) is 24.1. The Morgan fingerprint density at radius 1 is 1.02 bits per heavy atom. The number of H-pyrrole nitrogens is 1. The van der Waals surface area contributed by atoms with Gasteiger partial charge in [0, 0.05) is 47.7 Å². The van der Waals surface area contributed by atoms with E-state index < -0.39 is 21.3 Å². The van der Waals surface area contributed by atoms with Crippen molar-refractivity contribution in [2.45, 2.75) is 39.0 Å². The summed E-state index contributed by atoms with van der Waals surface area (Å²) in [4.78, 5) is 41.7. The number of aromatic nitrogens is 2. The van der Waals surface area contributed by atoms with Crippen molar-refractivity contribution in [1.82, 2.24) is 14.5 Å². The molecule has 1 saturated heterocycles. The molecular weight excluding hydrogens is 532 g/mol. The summed E-state index contributed by atoms with van der Waals surface area (Å²) in [6, 6.07) is 9.75. The number of methoxy groups -OCH3 is 1. The highest BCUT2D eigenvalue weighted by Gasteiger charge is 2.24. The van der Waals surface area contributed by atoms with E-state index in [0.29, 0.717) is 46.9 Å². The van der Waals surface area contributed by atoms with Crippen molar-refractivity contribution in [3.63, 3.8) is 0 Å². The first-order valence-electron chi connectivity index (χ1n) is 12.9. The molecule has 40 heavy (non-hydrogen) atoms. The van der Waals surface area contributed by atoms with Crippen molar-refractivity contribution in [1.29, 1.82) is 0 Å². The van der Waals surface area contributed by atoms with Crippen LogP contribution in [0.2, 0.25) is 0 Å². The van der Waals surface area contributed by atoms with Crippen LogP contribution in [0.3, 0.4) is 0 Å². The highest BCUT2D eigenvalue weighted by Crippen LogP contribution is 2.37. The van der Waals surface area contributed by atoms with Gasteiger partial charge in [0.05, 0.1) is 19.1 Å². The number of carbonyl (C=O) groups excluding carboxylic acids is 1. The zero-order chi connectivity index (χ0) is 29.2. The lowest BCUT2D eigenvalue weighted by molar-refractivity contribution is 0.0792. The minimum absolute atomic E-state index is 0.176. The third-order valence-corrected chi connectivity index (χ3v) is 7.25. The summed E-state index contributed by atoms with van der Waals surface area (Å²) in [6.45, 7) is 7.36. The van der Waals surface area contributed by atoms with E-state index in [9.17, 15) is 22.8 Å². The maximum absolute atomic E-state index is 13.4. The second kappa shape index (κ2) is 11.2. The molecule has 0 bridgehead atoms. The lowest BCUT2D eigenvalue weighted by Crippen LogP contribution is -2.28. The number of likely N-dealkylation sites (tertiary alicyclic amines) is 1. The molecule has 0 saturated carbocycles. The molecule has 2 N–H and O–H groups in total. The van der Waals surface area contributed by atoms with E-state index in [4.69, 9.17) is 4.74 Å². The number of ether oxygens (including phenoxy) is 1. The Kier molecular flexibility index (Phi) is 8.06. The van der Waals surface area contributed by atoms with Gasteiger partial charge in [-0.05, 0) is 48.1 Å². The van der Waals surface area contributed by atoms with Crippen LogP contribution in [-0.4, -0.2) is 55.2 Å². The highest BCUT2D eigenvalue weighted by atomic mass is 32.2. The van der Waals surface area contributed by atoms with Gasteiger partial charge in [-0.15, -0.1) is 0 Å². The van der Waals surface area contributed by atoms with Crippen LogP contribution in [0, 0.1) is 0 Å². The van der Waals surface area contributed by atoms with Gasteiger partial charge in [-0.2, -0.15) is 0 Å². The second-order valence-electron chi connectivity index (χ2n) is 10.9. The molecule has 11 heteroatoms. The lowest BCUT2D eigenvalue weighted by atomic mass is 9.84. The number of nitrogens with one attached hydrogen (secondary N) is 2. The number of aromatic amines is 1. The topological polar surface area (TPSA) is 131 Å². The number of benzene rings is 2. The van der Waals surface area contributed by atoms with Gasteiger partial charge in [0.25, 0.3) is 11.5 Å². The number of sulfonamides is 1. The monoisotopic (exact) mass is 566 g/mol. The predicted octanol–water partition coefficient (Wildman–Crippen LogP) is 3.61. The molecule has 0 radical (unpaired) electrons. The van der Waals surface area contributed by atoms with Crippen LogP contribution in [0.5, 0.6) is 5.75 Å².